The molecule has 3 rings (SSSR count). The second-order valence-electron chi connectivity index (χ2n) is 5.63. The number of hydrogen-bond donors (Lipinski definition) is 1. The second-order valence-corrected chi connectivity index (χ2v) is 5.63. The van der Waals surface area contributed by atoms with E-state index in [1.54, 1.807) is 6.33 Å². The van der Waals surface area contributed by atoms with Crippen LogP contribution >= 0.6 is 0 Å². The number of rotatable bonds is 5. The highest BCUT2D eigenvalue weighted by molar-refractivity contribution is 5.83. The summed E-state index contributed by atoms with van der Waals surface area (Å²) in [5, 5.41) is 8.91. The van der Waals surface area contributed by atoms with Gasteiger partial charge in [0.05, 0.1) is 6.54 Å². The van der Waals surface area contributed by atoms with Crippen molar-refractivity contribution >= 4 is 10.9 Å². The molecule has 0 aliphatic carbocycles. The highest BCUT2D eigenvalue weighted by Gasteiger charge is 2.08. The maximum absolute atomic E-state index is 4.30. The van der Waals surface area contributed by atoms with Gasteiger partial charge in [0, 0.05) is 36.7 Å². The lowest BCUT2D eigenvalue weighted by Gasteiger charge is -2.10. The van der Waals surface area contributed by atoms with Gasteiger partial charge >= 0.3 is 0 Å². The second kappa shape index (κ2) is 5.69. The largest absolute Gasteiger partial charge is 0.340 e. The maximum Gasteiger partial charge on any atom is 0.146 e. The molecule has 2 heterocycles. The van der Waals surface area contributed by atoms with Crippen LogP contribution in [0.2, 0.25) is 0 Å². The molecular formula is C16H21N5. The number of aryl methyl sites for hydroxylation is 1. The van der Waals surface area contributed by atoms with Gasteiger partial charge in [-0.2, -0.15) is 5.10 Å². The van der Waals surface area contributed by atoms with Crippen molar-refractivity contribution in [3.63, 3.8) is 0 Å². The smallest absolute Gasteiger partial charge is 0.146 e. The van der Waals surface area contributed by atoms with Crippen LogP contribution in [-0.4, -0.2) is 25.4 Å². The fraction of sp³-hybridized carbons (Fsp3) is 0.375. The molecule has 5 nitrogen and oxygen atoms in total. The Bertz CT molecular complexity index is 738. The Labute approximate surface area is 124 Å². The normalized spacial score (nSPS) is 11.6. The number of nitrogens with zero attached hydrogens (tertiary/aromatic N) is 4. The quantitative estimate of drug-likeness (QED) is 0.781. The predicted octanol–water partition coefficient (Wildman–Crippen LogP) is 2.32. The molecular weight excluding hydrogens is 262 g/mol. The summed E-state index contributed by atoms with van der Waals surface area (Å²) in [5.41, 5.74) is 2.57. The van der Waals surface area contributed by atoms with Crippen molar-refractivity contribution in [1.82, 2.24) is 24.6 Å². The third kappa shape index (κ3) is 2.83. The third-order valence-corrected chi connectivity index (χ3v) is 3.72. The van der Waals surface area contributed by atoms with Crippen molar-refractivity contribution in [1.29, 1.82) is 0 Å². The van der Waals surface area contributed by atoms with Gasteiger partial charge < -0.3 is 9.88 Å². The van der Waals surface area contributed by atoms with Crippen molar-refractivity contribution in [2.45, 2.75) is 33.0 Å². The van der Waals surface area contributed by atoms with Crippen LogP contribution in [0.3, 0.4) is 0 Å². The van der Waals surface area contributed by atoms with E-state index >= 15 is 0 Å². The monoisotopic (exact) mass is 283 g/mol. The van der Waals surface area contributed by atoms with E-state index in [1.807, 2.05) is 11.7 Å². The van der Waals surface area contributed by atoms with Gasteiger partial charge in [0.2, 0.25) is 0 Å². The minimum absolute atomic E-state index is 0.487. The minimum atomic E-state index is 0.487. The molecule has 1 aromatic carbocycles. The summed E-state index contributed by atoms with van der Waals surface area (Å²) in [4.78, 5) is 4.30. The molecule has 0 saturated carbocycles. The highest BCUT2D eigenvalue weighted by Crippen LogP contribution is 2.21. The summed E-state index contributed by atoms with van der Waals surface area (Å²) < 4.78 is 4.04. The van der Waals surface area contributed by atoms with Crippen molar-refractivity contribution in [3.8, 4) is 0 Å². The highest BCUT2D eigenvalue weighted by atomic mass is 15.3. The molecule has 0 amide bonds. The van der Waals surface area contributed by atoms with Crippen LogP contribution in [-0.2, 0) is 20.1 Å². The van der Waals surface area contributed by atoms with Crippen LogP contribution in [0.1, 0.15) is 25.2 Å². The zero-order chi connectivity index (χ0) is 14.8. The fourth-order valence-corrected chi connectivity index (χ4v) is 2.51. The van der Waals surface area contributed by atoms with Gasteiger partial charge in [-0.1, -0.05) is 26.0 Å². The van der Waals surface area contributed by atoms with E-state index in [9.17, 15) is 0 Å². The Morgan fingerprint density at radius 2 is 2.10 bits per heavy atom. The van der Waals surface area contributed by atoms with E-state index in [0.717, 1.165) is 18.9 Å². The first-order chi connectivity index (χ1) is 10.1. The first-order valence-corrected chi connectivity index (χ1v) is 7.28. The van der Waals surface area contributed by atoms with E-state index in [1.165, 1.54) is 16.5 Å². The fourth-order valence-electron chi connectivity index (χ4n) is 2.51. The minimum Gasteiger partial charge on any atom is -0.340 e. The van der Waals surface area contributed by atoms with Crippen LogP contribution in [0.25, 0.3) is 10.9 Å². The van der Waals surface area contributed by atoms with Crippen LogP contribution in [0, 0.1) is 0 Å². The Balaban J connectivity index is 1.91. The molecule has 110 valence electrons. The third-order valence-electron chi connectivity index (χ3n) is 3.72. The summed E-state index contributed by atoms with van der Waals surface area (Å²) in [6.07, 6.45) is 3.72. The molecule has 0 aliphatic heterocycles. The van der Waals surface area contributed by atoms with Crippen LogP contribution in [0.5, 0.6) is 0 Å². The Morgan fingerprint density at radius 3 is 2.81 bits per heavy atom. The maximum atomic E-state index is 4.30. The summed E-state index contributed by atoms with van der Waals surface area (Å²) in [6.45, 7) is 5.96. The molecule has 5 heteroatoms. The van der Waals surface area contributed by atoms with Gasteiger partial charge in [-0.15, -0.1) is 0 Å². The SMILES string of the molecule is CC(C)NCc1cccc2c1ccn2Cc1ncnn1C. The lowest BCUT2D eigenvalue weighted by molar-refractivity contribution is 0.590. The first kappa shape index (κ1) is 13.8. The van der Waals surface area contributed by atoms with E-state index in [0.29, 0.717) is 6.04 Å². The zero-order valence-electron chi connectivity index (χ0n) is 12.7. The van der Waals surface area contributed by atoms with E-state index in [2.05, 4.69) is 64.3 Å². The summed E-state index contributed by atoms with van der Waals surface area (Å²) in [7, 11) is 1.92. The predicted molar refractivity (Wildman–Crippen MR) is 84.0 cm³/mol. The van der Waals surface area contributed by atoms with Crippen LogP contribution < -0.4 is 5.32 Å². The summed E-state index contributed by atoms with van der Waals surface area (Å²) in [5.74, 6) is 0.957. The van der Waals surface area contributed by atoms with Gasteiger partial charge in [-0.3, -0.25) is 4.68 Å². The van der Waals surface area contributed by atoms with Crippen molar-refractivity contribution in [3.05, 3.63) is 48.2 Å². The van der Waals surface area contributed by atoms with Crippen molar-refractivity contribution in [2.75, 3.05) is 0 Å². The van der Waals surface area contributed by atoms with Gasteiger partial charge in [0.15, 0.2) is 0 Å². The van der Waals surface area contributed by atoms with E-state index in [-0.39, 0.29) is 0 Å². The molecule has 0 aliphatic rings. The van der Waals surface area contributed by atoms with Crippen LogP contribution in [0.4, 0.5) is 0 Å². The molecule has 0 fully saturated rings. The summed E-state index contributed by atoms with van der Waals surface area (Å²) >= 11 is 0. The van der Waals surface area contributed by atoms with Gasteiger partial charge in [-0.25, -0.2) is 4.98 Å². The van der Waals surface area contributed by atoms with Gasteiger partial charge in [-0.05, 0) is 17.7 Å². The lowest BCUT2D eigenvalue weighted by atomic mass is 10.1. The Kier molecular flexibility index (Phi) is 3.75. The molecule has 0 radical (unpaired) electrons. The number of aromatic nitrogens is 4. The standard InChI is InChI=1S/C16H21N5/c1-12(2)17-9-13-5-4-6-15-14(13)7-8-21(15)10-16-18-11-19-20(16)3/h4-8,11-12,17H,9-10H2,1-3H3. The van der Waals surface area contributed by atoms with Crippen molar-refractivity contribution < 1.29 is 0 Å². The number of nitrogens with one attached hydrogen (secondary N) is 1. The lowest BCUT2D eigenvalue weighted by Crippen LogP contribution is -2.21. The summed E-state index contributed by atoms with van der Waals surface area (Å²) in [6, 6.07) is 9.13. The Morgan fingerprint density at radius 1 is 1.24 bits per heavy atom. The Hall–Kier alpha value is -2.14. The molecule has 3 aromatic rings. The average molecular weight is 283 g/mol. The average Bonchev–Trinajstić information content (AvgIpc) is 3.05. The first-order valence-electron chi connectivity index (χ1n) is 7.28. The number of hydrogen-bond acceptors (Lipinski definition) is 3. The van der Waals surface area contributed by atoms with E-state index < -0.39 is 0 Å². The molecule has 0 atom stereocenters. The van der Waals surface area contributed by atoms with Gasteiger partial charge in [0.25, 0.3) is 0 Å². The molecule has 0 saturated heterocycles. The van der Waals surface area contributed by atoms with Crippen LogP contribution in [0.15, 0.2) is 36.8 Å². The molecule has 0 unspecified atom stereocenters. The number of fused-ring (bicyclic) bond motifs is 1. The number of benzene rings is 1. The molecule has 0 spiro atoms. The zero-order valence-corrected chi connectivity index (χ0v) is 12.7. The topological polar surface area (TPSA) is 47.7 Å². The molecule has 0 bridgehead atoms. The van der Waals surface area contributed by atoms with Crippen molar-refractivity contribution in [2.24, 2.45) is 7.05 Å². The molecule has 1 N–H and O–H groups in total. The van der Waals surface area contributed by atoms with E-state index in [4.69, 9.17) is 0 Å². The molecule has 2 aromatic heterocycles. The molecule has 21 heavy (non-hydrogen) atoms. The van der Waals surface area contributed by atoms with Gasteiger partial charge in [0.1, 0.15) is 12.2 Å².